The molecule has 1 unspecified atom stereocenters. The maximum atomic E-state index is 12.9. The molecular weight excluding hydrogens is 316 g/mol. The Hall–Kier alpha value is -2.06. The molecule has 1 atom stereocenters. The lowest BCUT2D eigenvalue weighted by atomic mass is 9.83. The number of carbonyl (C=O) groups excluding carboxylic acids is 1. The maximum Gasteiger partial charge on any atom is 0.256 e. The van der Waals surface area contributed by atoms with E-state index in [4.69, 9.17) is 9.47 Å². The van der Waals surface area contributed by atoms with E-state index < -0.39 is 5.60 Å². The van der Waals surface area contributed by atoms with Gasteiger partial charge in [-0.1, -0.05) is 26.2 Å². The summed E-state index contributed by atoms with van der Waals surface area (Å²) in [6, 6.07) is 7.34. The molecule has 0 aliphatic heterocycles. The van der Waals surface area contributed by atoms with Crippen LogP contribution in [0.5, 0.6) is 5.75 Å². The van der Waals surface area contributed by atoms with Crippen LogP contribution < -0.4 is 10.1 Å². The lowest BCUT2D eigenvalue weighted by Gasteiger charge is -2.35. The van der Waals surface area contributed by atoms with Crippen molar-refractivity contribution in [2.45, 2.75) is 71.0 Å². The van der Waals surface area contributed by atoms with Gasteiger partial charge in [-0.15, -0.1) is 0 Å². The van der Waals surface area contributed by atoms with Crippen molar-refractivity contribution in [3.8, 4) is 11.8 Å². The molecule has 0 aromatic heterocycles. The number of nitrogens with zero attached hydrogens (tertiary/aromatic N) is 1. The molecule has 0 heterocycles. The van der Waals surface area contributed by atoms with Crippen LogP contribution in [-0.2, 0) is 9.53 Å². The third-order valence-electron chi connectivity index (χ3n) is 4.77. The van der Waals surface area contributed by atoms with Gasteiger partial charge in [0.25, 0.3) is 5.91 Å². The Balaban J connectivity index is 2.17. The van der Waals surface area contributed by atoms with Gasteiger partial charge in [0.15, 0.2) is 0 Å². The molecule has 5 heteroatoms. The fraction of sp³-hybridized carbons (Fsp3) is 0.600. The summed E-state index contributed by atoms with van der Waals surface area (Å²) in [6.07, 6.45) is 5.52. The maximum absolute atomic E-state index is 12.9. The third kappa shape index (κ3) is 4.73. The van der Waals surface area contributed by atoms with Crippen LogP contribution in [0.3, 0.4) is 0 Å². The zero-order chi connectivity index (χ0) is 18.3. The molecule has 1 aromatic rings. The average Bonchev–Trinajstić information content (AvgIpc) is 2.63. The number of ether oxygens (including phenoxy) is 2. The van der Waals surface area contributed by atoms with Gasteiger partial charge in [0.2, 0.25) is 0 Å². The van der Waals surface area contributed by atoms with Crippen LogP contribution in [-0.4, -0.2) is 24.2 Å². The Kier molecular flexibility index (Phi) is 6.83. The fourth-order valence-electron chi connectivity index (χ4n) is 3.19. The lowest BCUT2D eigenvalue weighted by molar-refractivity contribution is -0.145. The van der Waals surface area contributed by atoms with Crippen LogP contribution in [0.2, 0.25) is 0 Å². The highest BCUT2D eigenvalue weighted by Gasteiger charge is 2.40. The molecule has 0 spiro atoms. The van der Waals surface area contributed by atoms with Gasteiger partial charge in [-0.05, 0) is 45.2 Å². The largest absolute Gasteiger partial charge is 0.491 e. The Morgan fingerprint density at radius 1 is 1.32 bits per heavy atom. The highest BCUT2D eigenvalue weighted by molar-refractivity contribution is 5.98. The quantitative estimate of drug-likeness (QED) is 0.795. The second-order valence-electron chi connectivity index (χ2n) is 6.60. The summed E-state index contributed by atoms with van der Waals surface area (Å²) in [5, 5.41) is 12.3. The fourth-order valence-corrected chi connectivity index (χ4v) is 3.19. The molecule has 0 radical (unpaired) electrons. The number of carbonyl (C=O) groups is 1. The standard InChI is InChI=1S/C20H28N2O3/c1-4-15(3)25-17-9-10-18(16(13-17)14-21)22-19(23)20(24-5-2)11-7-6-8-12-20/h9-10,13,15H,4-8,11-12H2,1-3H3,(H,22,23). The Morgan fingerprint density at radius 3 is 2.64 bits per heavy atom. The number of nitriles is 1. The first-order chi connectivity index (χ1) is 12.0. The van der Waals surface area contributed by atoms with Crippen molar-refractivity contribution >= 4 is 11.6 Å². The number of benzene rings is 1. The zero-order valence-corrected chi connectivity index (χ0v) is 15.4. The second-order valence-corrected chi connectivity index (χ2v) is 6.60. The second kappa shape index (κ2) is 8.87. The van der Waals surface area contributed by atoms with Gasteiger partial charge in [0.05, 0.1) is 17.4 Å². The first-order valence-corrected chi connectivity index (χ1v) is 9.21. The van der Waals surface area contributed by atoms with E-state index in [1.54, 1.807) is 18.2 Å². The number of nitrogens with one attached hydrogen (secondary N) is 1. The van der Waals surface area contributed by atoms with Crippen molar-refractivity contribution in [3.05, 3.63) is 23.8 Å². The van der Waals surface area contributed by atoms with Gasteiger partial charge in [-0.25, -0.2) is 0 Å². The Bertz CT molecular complexity index is 625. The summed E-state index contributed by atoms with van der Waals surface area (Å²) in [7, 11) is 0. The van der Waals surface area contributed by atoms with Crippen LogP contribution in [0.15, 0.2) is 18.2 Å². The van der Waals surface area contributed by atoms with Crippen LogP contribution in [0.25, 0.3) is 0 Å². The highest BCUT2D eigenvalue weighted by atomic mass is 16.5. The van der Waals surface area contributed by atoms with E-state index in [-0.39, 0.29) is 12.0 Å². The van der Waals surface area contributed by atoms with Crippen molar-refractivity contribution in [1.82, 2.24) is 0 Å². The molecular formula is C20H28N2O3. The van der Waals surface area contributed by atoms with E-state index >= 15 is 0 Å². The van der Waals surface area contributed by atoms with Gasteiger partial charge in [-0.2, -0.15) is 5.26 Å². The first kappa shape index (κ1) is 19.3. The molecule has 25 heavy (non-hydrogen) atoms. The van der Waals surface area contributed by atoms with Crippen molar-refractivity contribution in [1.29, 1.82) is 5.26 Å². The first-order valence-electron chi connectivity index (χ1n) is 9.21. The van der Waals surface area contributed by atoms with Crippen molar-refractivity contribution < 1.29 is 14.3 Å². The Labute approximate surface area is 150 Å². The molecule has 0 saturated heterocycles. The van der Waals surface area contributed by atoms with Crippen LogP contribution in [0.1, 0.15) is 64.9 Å². The molecule has 2 rings (SSSR count). The minimum atomic E-state index is -0.772. The Morgan fingerprint density at radius 2 is 2.04 bits per heavy atom. The number of anilines is 1. The lowest BCUT2D eigenvalue weighted by Crippen LogP contribution is -2.47. The smallest absolute Gasteiger partial charge is 0.256 e. The van der Waals surface area contributed by atoms with E-state index in [0.29, 0.717) is 23.6 Å². The minimum Gasteiger partial charge on any atom is -0.491 e. The van der Waals surface area contributed by atoms with E-state index in [1.165, 1.54) is 0 Å². The topological polar surface area (TPSA) is 71.3 Å². The summed E-state index contributed by atoms with van der Waals surface area (Å²) in [4.78, 5) is 12.9. The number of hydrogen-bond acceptors (Lipinski definition) is 4. The summed E-state index contributed by atoms with van der Waals surface area (Å²) in [5.74, 6) is 0.488. The monoisotopic (exact) mass is 344 g/mol. The third-order valence-corrected chi connectivity index (χ3v) is 4.77. The molecule has 5 nitrogen and oxygen atoms in total. The van der Waals surface area contributed by atoms with Gasteiger partial charge in [0, 0.05) is 12.7 Å². The molecule has 1 N–H and O–H groups in total. The van der Waals surface area contributed by atoms with Crippen molar-refractivity contribution in [2.75, 3.05) is 11.9 Å². The van der Waals surface area contributed by atoms with Crippen molar-refractivity contribution in [2.24, 2.45) is 0 Å². The summed E-state index contributed by atoms with van der Waals surface area (Å²) >= 11 is 0. The molecule has 1 aromatic carbocycles. The van der Waals surface area contributed by atoms with E-state index in [2.05, 4.69) is 11.4 Å². The van der Waals surface area contributed by atoms with Gasteiger partial charge >= 0.3 is 0 Å². The predicted molar refractivity (Wildman–Crippen MR) is 97.6 cm³/mol. The van der Waals surface area contributed by atoms with Gasteiger partial charge in [-0.3, -0.25) is 4.79 Å². The molecule has 1 fully saturated rings. The van der Waals surface area contributed by atoms with E-state index in [9.17, 15) is 10.1 Å². The van der Waals surface area contributed by atoms with Crippen LogP contribution >= 0.6 is 0 Å². The number of rotatable bonds is 7. The molecule has 1 aliphatic rings. The summed E-state index contributed by atoms with van der Waals surface area (Å²) in [5.41, 5.74) is 0.135. The highest BCUT2D eigenvalue weighted by Crippen LogP contribution is 2.33. The minimum absolute atomic E-state index is 0.0791. The number of amides is 1. The molecule has 1 saturated carbocycles. The van der Waals surface area contributed by atoms with E-state index in [0.717, 1.165) is 38.5 Å². The summed E-state index contributed by atoms with van der Waals surface area (Å²) in [6.45, 7) is 6.43. The number of hydrogen-bond donors (Lipinski definition) is 1. The average molecular weight is 344 g/mol. The zero-order valence-electron chi connectivity index (χ0n) is 15.4. The van der Waals surface area contributed by atoms with Gasteiger partial charge < -0.3 is 14.8 Å². The SMILES string of the molecule is CCOC1(C(=O)Nc2ccc(OC(C)CC)cc2C#N)CCCCC1. The molecule has 0 bridgehead atoms. The molecule has 1 amide bonds. The van der Waals surface area contributed by atoms with Crippen molar-refractivity contribution in [3.63, 3.8) is 0 Å². The van der Waals surface area contributed by atoms with Crippen LogP contribution in [0, 0.1) is 11.3 Å². The molecule has 1 aliphatic carbocycles. The normalized spacial score (nSPS) is 17.4. The van der Waals surface area contributed by atoms with E-state index in [1.807, 2.05) is 20.8 Å². The predicted octanol–water partition coefficient (Wildman–Crippen LogP) is 4.41. The van der Waals surface area contributed by atoms with Gasteiger partial charge in [0.1, 0.15) is 17.4 Å². The summed E-state index contributed by atoms with van der Waals surface area (Å²) < 4.78 is 11.6. The van der Waals surface area contributed by atoms with Crippen LogP contribution in [0.4, 0.5) is 5.69 Å². The molecule has 136 valence electrons.